The van der Waals surface area contributed by atoms with E-state index in [0.717, 1.165) is 10.9 Å². The minimum atomic E-state index is -0.0967. The third kappa shape index (κ3) is 1.18. The van der Waals surface area contributed by atoms with Crippen LogP contribution in [-0.2, 0) is 0 Å². The molecule has 2 aromatic rings. The average molecular weight is 189 g/mol. The average Bonchev–Trinajstić information content (AvgIpc) is 2.45. The summed E-state index contributed by atoms with van der Waals surface area (Å²) in [5.74, 6) is 0.363. The van der Waals surface area contributed by atoms with Gasteiger partial charge in [0.1, 0.15) is 0 Å². The van der Waals surface area contributed by atoms with E-state index in [1.165, 1.54) is 7.11 Å². The molecule has 1 aromatic heterocycles. The second-order valence-corrected chi connectivity index (χ2v) is 3.18. The molecule has 1 heterocycles. The third-order valence-electron chi connectivity index (χ3n) is 2.31. The molecule has 0 saturated heterocycles. The second kappa shape index (κ2) is 3.18. The highest BCUT2D eigenvalue weighted by atomic mass is 16.5. The summed E-state index contributed by atoms with van der Waals surface area (Å²) in [6.45, 7) is 1.96. The summed E-state index contributed by atoms with van der Waals surface area (Å²) in [5.41, 5.74) is 1.57. The number of hydrogen-bond acceptors (Lipinski definition) is 2. The molecule has 1 N–H and O–H groups in total. The maximum atomic E-state index is 11.8. The predicted octanol–water partition coefficient (Wildman–Crippen LogP) is 1.85. The lowest BCUT2D eigenvalue weighted by atomic mass is 10.2. The summed E-state index contributed by atoms with van der Waals surface area (Å²) in [5, 5.41) is 0.943. The smallest absolute Gasteiger partial charge is 0.244 e. The van der Waals surface area contributed by atoms with Crippen LogP contribution >= 0.6 is 0 Å². The molecule has 0 aliphatic rings. The Bertz CT molecular complexity index is 528. The van der Waals surface area contributed by atoms with Crippen LogP contribution in [0.5, 0.6) is 5.75 Å². The molecule has 0 aliphatic heterocycles. The summed E-state index contributed by atoms with van der Waals surface area (Å²) in [6.07, 6.45) is 1.82. The second-order valence-electron chi connectivity index (χ2n) is 3.18. The zero-order valence-electron chi connectivity index (χ0n) is 8.13. The number of hydrogen-bond donors (Lipinski definition) is 1. The van der Waals surface area contributed by atoms with Crippen molar-refractivity contribution in [2.45, 2.75) is 6.92 Å². The number of aromatic nitrogens is 1. The maximum absolute atomic E-state index is 11.8. The molecule has 14 heavy (non-hydrogen) atoms. The van der Waals surface area contributed by atoms with E-state index in [2.05, 4.69) is 4.98 Å². The van der Waals surface area contributed by atoms with Crippen molar-refractivity contribution in [1.29, 1.82) is 0 Å². The van der Waals surface area contributed by atoms with Gasteiger partial charge in [-0.2, -0.15) is 0 Å². The van der Waals surface area contributed by atoms with Crippen LogP contribution in [0.25, 0.3) is 10.9 Å². The number of aromatic amines is 1. The largest absolute Gasteiger partial charge is 0.493 e. The summed E-state index contributed by atoms with van der Waals surface area (Å²) < 4.78 is 4.99. The molecule has 1 aromatic carbocycles. The SMILES string of the molecule is COc1cccc2c(C)c[nH]c2c1=O. The number of nitrogens with one attached hydrogen (secondary N) is 1. The van der Waals surface area contributed by atoms with Gasteiger partial charge < -0.3 is 9.72 Å². The monoisotopic (exact) mass is 189 g/mol. The van der Waals surface area contributed by atoms with Gasteiger partial charge in [0.15, 0.2) is 5.75 Å². The van der Waals surface area contributed by atoms with Gasteiger partial charge >= 0.3 is 0 Å². The van der Waals surface area contributed by atoms with Crippen LogP contribution in [0.3, 0.4) is 0 Å². The van der Waals surface area contributed by atoms with Crippen molar-refractivity contribution in [3.8, 4) is 5.75 Å². The Morgan fingerprint density at radius 1 is 1.36 bits per heavy atom. The lowest BCUT2D eigenvalue weighted by Gasteiger charge is -1.91. The van der Waals surface area contributed by atoms with Crippen LogP contribution in [0.15, 0.2) is 29.2 Å². The summed E-state index contributed by atoms with van der Waals surface area (Å²) in [7, 11) is 1.50. The van der Waals surface area contributed by atoms with Crippen LogP contribution in [-0.4, -0.2) is 12.1 Å². The molecule has 0 saturated carbocycles. The Morgan fingerprint density at radius 3 is 2.86 bits per heavy atom. The van der Waals surface area contributed by atoms with Crippen molar-refractivity contribution in [3.05, 3.63) is 40.2 Å². The Balaban J connectivity index is 2.96. The lowest BCUT2D eigenvalue weighted by molar-refractivity contribution is 0.412. The predicted molar refractivity (Wildman–Crippen MR) is 55.9 cm³/mol. The lowest BCUT2D eigenvalue weighted by Crippen LogP contribution is -2.02. The van der Waals surface area contributed by atoms with E-state index in [9.17, 15) is 4.79 Å². The first-order valence-electron chi connectivity index (χ1n) is 4.39. The van der Waals surface area contributed by atoms with E-state index < -0.39 is 0 Å². The van der Waals surface area contributed by atoms with Crippen molar-refractivity contribution in [1.82, 2.24) is 4.98 Å². The maximum Gasteiger partial charge on any atom is 0.244 e. The Hall–Kier alpha value is -1.77. The fraction of sp³-hybridized carbons (Fsp3) is 0.182. The van der Waals surface area contributed by atoms with Crippen molar-refractivity contribution in [2.75, 3.05) is 7.11 Å². The molecular formula is C11H11NO2. The number of rotatable bonds is 1. The molecule has 0 radical (unpaired) electrons. The molecule has 0 bridgehead atoms. The van der Waals surface area contributed by atoms with E-state index in [1.54, 1.807) is 6.07 Å². The van der Waals surface area contributed by atoms with E-state index in [4.69, 9.17) is 4.74 Å². The van der Waals surface area contributed by atoms with Gasteiger partial charge in [0, 0.05) is 11.6 Å². The molecule has 0 aliphatic carbocycles. The number of fused-ring (bicyclic) bond motifs is 1. The van der Waals surface area contributed by atoms with E-state index >= 15 is 0 Å². The highest BCUT2D eigenvalue weighted by Gasteiger charge is 2.04. The highest BCUT2D eigenvalue weighted by molar-refractivity contribution is 5.82. The first-order valence-corrected chi connectivity index (χ1v) is 4.39. The zero-order valence-corrected chi connectivity index (χ0v) is 8.13. The minimum absolute atomic E-state index is 0.0967. The number of aryl methyl sites for hydroxylation is 1. The Labute approximate surface area is 81.3 Å². The molecular weight excluding hydrogens is 178 g/mol. The fourth-order valence-electron chi connectivity index (χ4n) is 1.53. The Kier molecular flexibility index (Phi) is 2.00. The van der Waals surface area contributed by atoms with E-state index in [0.29, 0.717) is 11.3 Å². The number of methoxy groups -OCH3 is 1. The molecule has 72 valence electrons. The van der Waals surface area contributed by atoms with Crippen LogP contribution in [0.2, 0.25) is 0 Å². The first kappa shape index (κ1) is 8.81. The van der Waals surface area contributed by atoms with Crippen LogP contribution < -0.4 is 10.2 Å². The molecule has 3 nitrogen and oxygen atoms in total. The zero-order chi connectivity index (χ0) is 10.1. The van der Waals surface area contributed by atoms with Gasteiger partial charge in [-0.1, -0.05) is 12.1 Å². The number of H-pyrrole nitrogens is 1. The highest BCUT2D eigenvalue weighted by Crippen LogP contribution is 2.15. The summed E-state index contributed by atoms with van der Waals surface area (Å²) >= 11 is 0. The van der Waals surface area contributed by atoms with Gasteiger partial charge in [-0.3, -0.25) is 4.79 Å². The Morgan fingerprint density at radius 2 is 2.14 bits per heavy atom. The van der Waals surface area contributed by atoms with Gasteiger partial charge in [0.2, 0.25) is 5.43 Å². The molecule has 3 heteroatoms. The molecule has 0 atom stereocenters. The quantitative estimate of drug-likeness (QED) is 0.743. The molecule has 0 fully saturated rings. The van der Waals surface area contributed by atoms with Crippen molar-refractivity contribution in [2.24, 2.45) is 0 Å². The van der Waals surface area contributed by atoms with Gasteiger partial charge in [-0.05, 0) is 18.6 Å². The topological polar surface area (TPSA) is 42.1 Å². The van der Waals surface area contributed by atoms with Crippen LogP contribution in [0.1, 0.15) is 5.56 Å². The van der Waals surface area contributed by atoms with E-state index in [1.807, 2.05) is 25.3 Å². The van der Waals surface area contributed by atoms with E-state index in [-0.39, 0.29) is 5.43 Å². The summed E-state index contributed by atoms with van der Waals surface area (Å²) in [4.78, 5) is 14.8. The first-order chi connectivity index (χ1) is 6.74. The molecule has 0 unspecified atom stereocenters. The van der Waals surface area contributed by atoms with Gasteiger partial charge in [-0.15, -0.1) is 0 Å². The molecule has 2 rings (SSSR count). The van der Waals surface area contributed by atoms with Crippen LogP contribution in [0.4, 0.5) is 0 Å². The minimum Gasteiger partial charge on any atom is -0.493 e. The normalized spacial score (nSPS) is 10.4. The number of ether oxygens (including phenoxy) is 1. The van der Waals surface area contributed by atoms with Gasteiger partial charge in [0.25, 0.3) is 0 Å². The van der Waals surface area contributed by atoms with Gasteiger partial charge in [0.05, 0.1) is 12.6 Å². The molecule has 0 amide bonds. The summed E-state index contributed by atoms with van der Waals surface area (Å²) in [6, 6.07) is 5.41. The van der Waals surface area contributed by atoms with Gasteiger partial charge in [-0.25, -0.2) is 0 Å². The fourth-order valence-corrected chi connectivity index (χ4v) is 1.53. The standard InChI is InChI=1S/C11H11NO2/c1-7-6-12-10-8(7)4-3-5-9(14-2)11(10)13/h3-6,12H,1-2H3. The molecule has 0 spiro atoms. The van der Waals surface area contributed by atoms with Crippen molar-refractivity contribution < 1.29 is 4.74 Å². The van der Waals surface area contributed by atoms with Crippen molar-refractivity contribution in [3.63, 3.8) is 0 Å². The van der Waals surface area contributed by atoms with Crippen LogP contribution in [0, 0.1) is 6.92 Å². The third-order valence-corrected chi connectivity index (χ3v) is 2.31. The van der Waals surface area contributed by atoms with Crippen molar-refractivity contribution >= 4 is 10.9 Å².